The lowest BCUT2D eigenvalue weighted by Crippen LogP contribution is -2.47. The summed E-state index contributed by atoms with van der Waals surface area (Å²) in [4.78, 5) is 13.3. The van der Waals surface area contributed by atoms with Crippen molar-refractivity contribution < 1.29 is 14.6 Å². The highest BCUT2D eigenvalue weighted by atomic mass is 79.9. The molecule has 1 fully saturated rings. The molecule has 1 aliphatic carbocycles. The summed E-state index contributed by atoms with van der Waals surface area (Å²) >= 11 is 3.60. The van der Waals surface area contributed by atoms with E-state index in [0.29, 0.717) is 19.2 Å². The molecule has 2 aliphatic rings. The molecule has 0 bridgehead atoms. The summed E-state index contributed by atoms with van der Waals surface area (Å²) in [5.41, 5.74) is 2.70. The van der Waals surface area contributed by atoms with E-state index in [9.17, 15) is 4.79 Å². The first-order chi connectivity index (χ1) is 9.16. The van der Waals surface area contributed by atoms with Crippen molar-refractivity contribution in [2.45, 2.75) is 25.0 Å². The third-order valence-electron chi connectivity index (χ3n) is 4.00. The molecule has 3 rings (SSSR count). The number of rotatable bonds is 2. The number of aliphatic carboxylic acids is 1. The van der Waals surface area contributed by atoms with Gasteiger partial charge in [-0.05, 0) is 30.0 Å². The van der Waals surface area contributed by atoms with Crippen LogP contribution in [-0.2, 0) is 16.0 Å². The smallest absolute Gasteiger partial charge is 0.334 e. The number of carboxylic acid groups (broad SMARTS) is 1. The van der Waals surface area contributed by atoms with Crippen LogP contribution in [0.1, 0.15) is 23.6 Å². The fourth-order valence-electron chi connectivity index (χ4n) is 3.07. The molecule has 0 aromatic heterocycles. The monoisotopic (exact) mass is 325 g/mol. The van der Waals surface area contributed by atoms with Gasteiger partial charge < -0.3 is 9.84 Å². The molecule has 0 spiro atoms. The zero-order valence-electron chi connectivity index (χ0n) is 10.5. The average Bonchev–Trinajstić information content (AvgIpc) is 2.84. The van der Waals surface area contributed by atoms with Crippen LogP contribution in [0.4, 0.5) is 0 Å². The highest BCUT2D eigenvalue weighted by Crippen LogP contribution is 2.39. The maximum absolute atomic E-state index is 11.1. The summed E-state index contributed by atoms with van der Waals surface area (Å²) in [5.74, 6) is -0.864. The normalized spacial score (nSPS) is 27.2. The van der Waals surface area contributed by atoms with Gasteiger partial charge in [0.15, 0.2) is 6.10 Å². The molecule has 1 N–H and O–H groups in total. The topological polar surface area (TPSA) is 49.8 Å². The Morgan fingerprint density at radius 3 is 3.11 bits per heavy atom. The first-order valence-corrected chi connectivity index (χ1v) is 7.32. The standard InChI is InChI=1S/C14H16BrNO3/c15-11-3-1-2-10-9(11)4-5-12(10)16-6-7-19-13(8-16)14(17)18/h1-3,12-13H,4-8H2,(H,17,18). The first-order valence-electron chi connectivity index (χ1n) is 6.52. The van der Waals surface area contributed by atoms with Crippen LogP contribution in [-0.4, -0.2) is 41.8 Å². The molecule has 1 aliphatic heterocycles. The largest absolute Gasteiger partial charge is 0.479 e. The summed E-state index contributed by atoms with van der Waals surface area (Å²) in [6.45, 7) is 1.78. The highest BCUT2D eigenvalue weighted by Gasteiger charge is 2.34. The van der Waals surface area contributed by atoms with E-state index in [1.54, 1.807) is 0 Å². The summed E-state index contributed by atoms with van der Waals surface area (Å²) in [7, 11) is 0. The van der Waals surface area contributed by atoms with Crippen molar-refractivity contribution in [3.63, 3.8) is 0 Å². The predicted molar refractivity (Wildman–Crippen MR) is 74.2 cm³/mol. The number of hydrogen-bond acceptors (Lipinski definition) is 3. The fourth-order valence-corrected chi connectivity index (χ4v) is 3.65. The molecule has 2 atom stereocenters. The lowest BCUT2D eigenvalue weighted by Gasteiger charge is -2.35. The van der Waals surface area contributed by atoms with E-state index in [4.69, 9.17) is 9.84 Å². The zero-order chi connectivity index (χ0) is 13.4. The van der Waals surface area contributed by atoms with Crippen molar-refractivity contribution in [1.82, 2.24) is 4.90 Å². The molecule has 0 radical (unpaired) electrons. The Labute approximate surface area is 120 Å². The van der Waals surface area contributed by atoms with E-state index < -0.39 is 12.1 Å². The van der Waals surface area contributed by atoms with Crippen LogP contribution >= 0.6 is 15.9 Å². The molecule has 1 saturated heterocycles. The van der Waals surface area contributed by atoms with Crippen LogP contribution in [0, 0.1) is 0 Å². The van der Waals surface area contributed by atoms with E-state index >= 15 is 0 Å². The van der Waals surface area contributed by atoms with Crippen molar-refractivity contribution >= 4 is 21.9 Å². The number of ether oxygens (including phenoxy) is 1. The fraction of sp³-hybridized carbons (Fsp3) is 0.500. The van der Waals surface area contributed by atoms with Crippen molar-refractivity contribution in [1.29, 1.82) is 0 Å². The third kappa shape index (κ3) is 2.42. The van der Waals surface area contributed by atoms with E-state index in [1.807, 2.05) is 0 Å². The lowest BCUT2D eigenvalue weighted by molar-refractivity contribution is -0.157. The summed E-state index contributed by atoms with van der Waals surface area (Å²) < 4.78 is 6.45. The number of carbonyl (C=O) groups is 1. The second-order valence-electron chi connectivity index (χ2n) is 5.05. The lowest BCUT2D eigenvalue weighted by atomic mass is 10.1. The molecule has 19 heavy (non-hydrogen) atoms. The molecular formula is C14H16BrNO3. The number of halogens is 1. The number of carboxylic acids is 1. The average molecular weight is 326 g/mol. The van der Waals surface area contributed by atoms with Crippen LogP contribution in [0.3, 0.4) is 0 Å². The minimum Gasteiger partial charge on any atom is -0.479 e. The maximum atomic E-state index is 11.1. The van der Waals surface area contributed by atoms with Crippen LogP contribution in [0.25, 0.3) is 0 Å². The number of morpholine rings is 1. The third-order valence-corrected chi connectivity index (χ3v) is 4.74. The second-order valence-corrected chi connectivity index (χ2v) is 5.91. The Morgan fingerprint density at radius 2 is 2.32 bits per heavy atom. The Balaban J connectivity index is 1.82. The Kier molecular flexibility index (Phi) is 3.60. The number of fused-ring (bicyclic) bond motifs is 1. The van der Waals surface area contributed by atoms with Crippen molar-refractivity contribution in [2.24, 2.45) is 0 Å². The minimum absolute atomic E-state index is 0.332. The van der Waals surface area contributed by atoms with E-state index in [2.05, 4.69) is 39.0 Å². The van der Waals surface area contributed by atoms with E-state index in [1.165, 1.54) is 11.1 Å². The van der Waals surface area contributed by atoms with Gasteiger partial charge in [-0.3, -0.25) is 4.90 Å². The predicted octanol–water partition coefficient (Wildman–Crippen LogP) is 2.22. The minimum atomic E-state index is -0.864. The van der Waals surface area contributed by atoms with Gasteiger partial charge in [0.25, 0.3) is 0 Å². The summed E-state index contributed by atoms with van der Waals surface area (Å²) in [6, 6.07) is 6.61. The molecule has 2 unspecified atom stereocenters. The number of hydrogen-bond donors (Lipinski definition) is 1. The van der Waals surface area contributed by atoms with E-state index in [0.717, 1.165) is 23.9 Å². The van der Waals surface area contributed by atoms with Crippen molar-refractivity contribution in [3.8, 4) is 0 Å². The molecule has 5 heteroatoms. The van der Waals surface area contributed by atoms with Gasteiger partial charge in [0.2, 0.25) is 0 Å². The van der Waals surface area contributed by atoms with Gasteiger partial charge in [-0.15, -0.1) is 0 Å². The molecule has 1 heterocycles. The molecule has 1 aromatic rings. The number of nitrogens with zero attached hydrogens (tertiary/aromatic N) is 1. The summed E-state index contributed by atoms with van der Waals surface area (Å²) in [5, 5.41) is 9.08. The van der Waals surface area contributed by atoms with Gasteiger partial charge in [-0.25, -0.2) is 4.79 Å². The maximum Gasteiger partial charge on any atom is 0.334 e. The van der Waals surface area contributed by atoms with Crippen LogP contribution in [0.5, 0.6) is 0 Å². The van der Waals surface area contributed by atoms with Gasteiger partial charge in [0, 0.05) is 23.6 Å². The molecule has 4 nitrogen and oxygen atoms in total. The first kappa shape index (κ1) is 13.1. The zero-order valence-corrected chi connectivity index (χ0v) is 12.1. The van der Waals surface area contributed by atoms with Crippen LogP contribution in [0.2, 0.25) is 0 Å². The van der Waals surface area contributed by atoms with Gasteiger partial charge in [0.1, 0.15) is 0 Å². The second kappa shape index (κ2) is 5.23. The van der Waals surface area contributed by atoms with E-state index in [-0.39, 0.29) is 0 Å². The Morgan fingerprint density at radius 1 is 1.47 bits per heavy atom. The summed E-state index contributed by atoms with van der Waals surface area (Å²) in [6.07, 6.45) is 1.42. The van der Waals surface area contributed by atoms with Gasteiger partial charge in [0.05, 0.1) is 6.61 Å². The van der Waals surface area contributed by atoms with Gasteiger partial charge in [-0.1, -0.05) is 28.1 Å². The van der Waals surface area contributed by atoms with Gasteiger partial charge >= 0.3 is 5.97 Å². The molecule has 0 saturated carbocycles. The molecular weight excluding hydrogens is 310 g/mol. The highest BCUT2D eigenvalue weighted by molar-refractivity contribution is 9.10. The Bertz CT molecular complexity index is 505. The number of benzene rings is 1. The van der Waals surface area contributed by atoms with Crippen LogP contribution in [0.15, 0.2) is 22.7 Å². The SMILES string of the molecule is O=C(O)C1CN(C2CCc3c(Br)cccc32)CCO1. The quantitative estimate of drug-likeness (QED) is 0.905. The van der Waals surface area contributed by atoms with Crippen molar-refractivity contribution in [3.05, 3.63) is 33.8 Å². The van der Waals surface area contributed by atoms with Crippen molar-refractivity contribution in [2.75, 3.05) is 19.7 Å². The molecule has 0 amide bonds. The van der Waals surface area contributed by atoms with Gasteiger partial charge in [-0.2, -0.15) is 0 Å². The molecule has 102 valence electrons. The molecule has 1 aromatic carbocycles. The Hall–Kier alpha value is -0.910. The van der Waals surface area contributed by atoms with Crippen LogP contribution < -0.4 is 0 Å².